The summed E-state index contributed by atoms with van der Waals surface area (Å²) >= 11 is 5.95. The molecule has 3 aromatic rings. The molecule has 6 nitrogen and oxygen atoms in total. The molecule has 0 spiro atoms. The number of amides is 1. The Morgan fingerprint density at radius 2 is 1.90 bits per heavy atom. The average molecular weight is 410 g/mol. The summed E-state index contributed by atoms with van der Waals surface area (Å²) in [5.74, 6) is 1.51. The molecule has 0 bridgehead atoms. The molecule has 1 aliphatic heterocycles. The molecule has 1 atom stereocenters. The van der Waals surface area contributed by atoms with Crippen LogP contribution in [0.25, 0.3) is 0 Å². The smallest absolute Gasteiger partial charge is 0.244 e. The zero-order valence-corrected chi connectivity index (χ0v) is 17.4. The monoisotopic (exact) mass is 409 g/mol. The van der Waals surface area contributed by atoms with Crippen molar-refractivity contribution in [2.45, 2.75) is 45.7 Å². The predicted octanol–water partition coefficient (Wildman–Crippen LogP) is 3.90. The van der Waals surface area contributed by atoms with Crippen molar-refractivity contribution in [2.24, 2.45) is 0 Å². The van der Waals surface area contributed by atoms with E-state index in [1.165, 1.54) is 5.56 Å². The van der Waals surface area contributed by atoms with Gasteiger partial charge in [-0.3, -0.25) is 9.78 Å². The van der Waals surface area contributed by atoms with E-state index in [4.69, 9.17) is 11.6 Å². The predicted molar refractivity (Wildman–Crippen MR) is 112 cm³/mol. The normalized spacial score (nSPS) is 16.4. The molecule has 1 saturated heterocycles. The quantitative estimate of drug-likeness (QED) is 0.641. The number of hydrogen-bond acceptors (Lipinski definition) is 4. The molecule has 0 saturated carbocycles. The molecule has 1 unspecified atom stereocenters. The number of benzene rings is 1. The number of halogens is 1. The van der Waals surface area contributed by atoms with Crippen molar-refractivity contribution in [3.63, 3.8) is 0 Å². The van der Waals surface area contributed by atoms with Crippen molar-refractivity contribution >= 4 is 17.5 Å². The molecule has 1 aromatic carbocycles. The maximum atomic E-state index is 12.9. The lowest BCUT2D eigenvalue weighted by Gasteiger charge is -2.24. The van der Waals surface area contributed by atoms with E-state index in [-0.39, 0.29) is 18.5 Å². The number of rotatable bonds is 5. The third-order valence-corrected chi connectivity index (χ3v) is 5.58. The summed E-state index contributed by atoms with van der Waals surface area (Å²) < 4.78 is 1.68. The van der Waals surface area contributed by atoms with Crippen LogP contribution in [0.2, 0.25) is 5.02 Å². The van der Waals surface area contributed by atoms with Crippen LogP contribution < -0.4 is 0 Å². The summed E-state index contributed by atoms with van der Waals surface area (Å²) in [6, 6.07) is 12.0. The number of hydrogen-bond donors (Lipinski definition) is 0. The number of nitrogens with zero attached hydrogens (tertiary/aromatic N) is 5. The third-order valence-electron chi connectivity index (χ3n) is 5.33. The Balaban J connectivity index is 1.44. The maximum absolute atomic E-state index is 12.9. The van der Waals surface area contributed by atoms with Gasteiger partial charge in [-0.25, -0.2) is 9.67 Å². The molecular formula is C22H24ClN5O. The SMILES string of the molecule is Cc1nc(C)n(CC(=O)N2CCCC2c2ccc(Cc3ccc(Cl)cc3)cn2)n1. The van der Waals surface area contributed by atoms with E-state index < -0.39 is 0 Å². The van der Waals surface area contributed by atoms with Crippen LogP contribution in [0.5, 0.6) is 0 Å². The van der Waals surface area contributed by atoms with Crippen LogP contribution in [0.1, 0.15) is 47.4 Å². The van der Waals surface area contributed by atoms with Gasteiger partial charge >= 0.3 is 0 Å². The average Bonchev–Trinajstić information content (AvgIpc) is 3.31. The topological polar surface area (TPSA) is 63.9 Å². The van der Waals surface area contributed by atoms with Crippen LogP contribution in [-0.2, 0) is 17.8 Å². The number of aromatic nitrogens is 4. The zero-order chi connectivity index (χ0) is 20.4. The van der Waals surface area contributed by atoms with Gasteiger partial charge in [-0.05, 0) is 62.4 Å². The highest BCUT2D eigenvalue weighted by Crippen LogP contribution is 2.31. The highest BCUT2D eigenvalue weighted by molar-refractivity contribution is 6.30. The van der Waals surface area contributed by atoms with Gasteiger partial charge < -0.3 is 4.90 Å². The molecule has 150 valence electrons. The standard InChI is InChI=1S/C22H24ClN5O/c1-15-25-16(2)28(26-15)14-22(29)27-11-3-4-21(27)20-10-7-18(13-24-20)12-17-5-8-19(23)9-6-17/h5-10,13,21H,3-4,11-12,14H2,1-2H3. The van der Waals surface area contributed by atoms with Gasteiger partial charge in [-0.2, -0.15) is 5.10 Å². The minimum atomic E-state index is 0.0250. The largest absolute Gasteiger partial charge is 0.332 e. The summed E-state index contributed by atoms with van der Waals surface area (Å²) in [5, 5.41) is 5.05. The van der Waals surface area contributed by atoms with Gasteiger partial charge in [0.2, 0.25) is 5.91 Å². The van der Waals surface area contributed by atoms with Gasteiger partial charge in [0.15, 0.2) is 0 Å². The Morgan fingerprint density at radius 3 is 2.55 bits per heavy atom. The Hall–Kier alpha value is -2.73. The molecule has 0 radical (unpaired) electrons. The lowest BCUT2D eigenvalue weighted by atomic mass is 10.0. The van der Waals surface area contributed by atoms with Gasteiger partial charge in [0.1, 0.15) is 18.2 Å². The first-order valence-corrected chi connectivity index (χ1v) is 10.2. The van der Waals surface area contributed by atoms with Crippen LogP contribution in [-0.4, -0.2) is 37.1 Å². The molecule has 1 aliphatic rings. The van der Waals surface area contributed by atoms with Crippen molar-refractivity contribution in [1.29, 1.82) is 0 Å². The first kappa shape index (κ1) is 19.6. The van der Waals surface area contributed by atoms with E-state index in [1.54, 1.807) is 4.68 Å². The highest BCUT2D eigenvalue weighted by Gasteiger charge is 2.31. The number of pyridine rings is 1. The molecule has 3 heterocycles. The second-order valence-corrected chi connectivity index (χ2v) is 7.94. The minimum absolute atomic E-state index is 0.0250. The van der Waals surface area contributed by atoms with E-state index >= 15 is 0 Å². The van der Waals surface area contributed by atoms with Gasteiger partial charge in [0, 0.05) is 17.8 Å². The van der Waals surface area contributed by atoms with E-state index in [0.717, 1.165) is 47.9 Å². The lowest BCUT2D eigenvalue weighted by Crippen LogP contribution is -2.34. The number of carbonyl (C=O) groups is 1. The summed E-state index contributed by atoms with van der Waals surface area (Å²) in [5.41, 5.74) is 3.28. The molecule has 2 aromatic heterocycles. The van der Waals surface area contributed by atoms with Crippen molar-refractivity contribution in [2.75, 3.05) is 6.54 Å². The molecular weight excluding hydrogens is 386 g/mol. The molecule has 29 heavy (non-hydrogen) atoms. The van der Waals surface area contributed by atoms with Crippen LogP contribution >= 0.6 is 11.6 Å². The van der Waals surface area contributed by atoms with Crippen molar-refractivity contribution in [1.82, 2.24) is 24.6 Å². The van der Waals surface area contributed by atoms with Crippen molar-refractivity contribution < 1.29 is 4.79 Å². The van der Waals surface area contributed by atoms with Gasteiger partial charge in [-0.15, -0.1) is 0 Å². The Bertz CT molecular complexity index is 997. The van der Waals surface area contributed by atoms with Crippen molar-refractivity contribution in [3.8, 4) is 0 Å². The minimum Gasteiger partial charge on any atom is -0.332 e. The fourth-order valence-electron chi connectivity index (χ4n) is 3.88. The summed E-state index contributed by atoms with van der Waals surface area (Å²) in [7, 11) is 0. The third kappa shape index (κ3) is 4.48. The first-order chi connectivity index (χ1) is 14.0. The number of likely N-dealkylation sites (tertiary alicyclic amines) is 1. The first-order valence-electron chi connectivity index (χ1n) is 9.86. The second-order valence-electron chi connectivity index (χ2n) is 7.50. The number of carbonyl (C=O) groups excluding carboxylic acids is 1. The second kappa shape index (κ2) is 8.33. The van der Waals surface area contributed by atoms with Crippen LogP contribution in [0, 0.1) is 13.8 Å². The maximum Gasteiger partial charge on any atom is 0.244 e. The van der Waals surface area contributed by atoms with Crippen molar-refractivity contribution in [3.05, 3.63) is 76.1 Å². The molecule has 4 rings (SSSR count). The van der Waals surface area contributed by atoms with E-state index in [1.807, 2.05) is 55.3 Å². The summed E-state index contributed by atoms with van der Waals surface area (Å²) in [4.78, 5) is 23.8. The fraction of sp³-hybridized carbons (Fsp3) is 0.364. The Labute approximate surface area is 175 Å². The van der Waals surface area contributed by atoms with Crippen LogP contribution in [0.3, 0.4) is 0 Å². The lowest BCUT2D eigenvalue weighted by molar-refractivity contribution is -0.133. The van der Waals surface area contributed by atoms with Crippen LogP contribution in [0.15, 0.2) is 42.6 Å². The highest BCUT2D eigenvalue weighted by atomic mass is 35.5. The Morgan fingerprint density at radius 1 is 1.14 bits per heavy atom. The summed E-state index contributed by atoms with van der Waals surface area (Å²) in [6.45, 7) is 4.68. The molecule has 1 fully saturated rings. The van der Waals surface area contributed by atoms with E-state index in [2.05, 4.69) is 21.1 Å². The molecule has 7 heteroatoms. The molecule has 0 aliphatic carbocycles. The molecule has 0 N–H and O–H groups in total. The Kier molecular flexibility index (Phi) is 5.62. The van der Waals surface area contributed by atoms with Crippen LogP contribution in [0.4, 0.5) is 0 Å². The zero-order valence-electron chi connectivity index (χ0n) is 16.7. The van der Waals surface area contributed by atoms with E-state index in [9.17, 15) is 4.79 Å². The van der Waals surface area contributed by atoms with Gasteiger partial charge in [0.25, 0.3) is 0 Å². The number of aryl methyl sites for hydroxylation is 2. The fourth-order valence-corrected chi connectivity index (χ4v) is 4.00. The van der Waals surface area contributed by atoms with E-state index in [0.29, 0.717) is 5.82 Å². The molecule has 1 amide bonds. The van der Waals surface area contributed by atoms with Gasteiger partial charge in [0.05, 0.1) is 11.7 Å². The van der Waals surface area contributed by atoms with Gasteiger partial charge in [-0.1, -0.05) is 29.8 Å². The summed E-state index contributed by atoms with van der Waals surface area (Å²) in [6.07, 6.45) is 4.64.